The van der Waals surface area contributed by atoms with Crippen LogP contribution in [0.1, 0.15) is 37.1 Å². The number of carbonyl (C=O) groups is 1. The first kappa shape index (κ1) is 18.0. The average Bonchev–Trinajstić information content (AvgIpc) is 3.40. The normalized spacial score (nSPS) is 19.1. The van der Waals surface area contributed by atoms with Crippen LogP contribution in [0, 0.1) is 5.92 Å². The molecule has 1 aromatic heterocycles. The SMILES string of the molecule is CN(C)C(=O)C1CCN(c2nnc(CC3(c4ccccc4)CC3)n2C)CC1. The highest BCUT2D eigenvalue weighted by molar-refractivity contribution is 5.78. The van der Waals surface area contributed by atoms with Gasteiger partial charge in [-0.3, -0.25) is 4.79 Å². The summed E-state index contributed by atoms with van der Waals surface area (Å²) in [7, 11) is 5.75. The van der Waals surface area contributed by atoms with Crippen LogP contribution in [-0.2, 0) is 23.7 Å². The molecule has 6 nitrogen and oxygen atoms in total. The third-order valence-corrected chi connectivity index (χ3v) is 6.25. The molecule has 1 aromatic carbocycles. The Bertz CT molecular complexity index is 801. The first-order chi connectivity index (χ1) is 13.0. The zero-order valence-corrected chi connectivity index (χ0v) is 16.6. The Hall–Kier alpha value is -2.37. The van der Waals surface area contributed by atoms with Gasteiger partial charge in [-0.15, -0.1) is 10.2 Å². The molecule has 1 aliphatic carbocycles. The fraction of sp³-hybridized carbons (Fsp3) is 0.571. The number of nitrogens with zero attached hydrogens (tertiary/aromatic N) is 5. The standard InChI is InChI=1S/C21H29N5O/c1-24(2)19(27)16-9-13-26(14-10-16)20-23-22-18(25(20)3)15-21(11-12-21)17-7-5-4-6-8-17/h4-8,16H,9-15H2,1-3H3. The van der Waals surface area contributed by atoms with Crippen LogP contribution in [0.25, 0.3) is 0 Å². The molecule has 144 valence electrons. The molecule has 0 unspecified atom stereocenters. The maximum Gasteiger partial charge on any atom is 0.226 e. The van der Waals surface area contributed by atoms with Gasteiger partial charge in [-0.2, -0.15) is 0 Å². The summed E-state index contributed by atoms with van der Waals surface area (Å²) in [6, 6.07) is 10.8. The number of hydrogen-bond donors (Lipinski definition) is 0. The fourth-order valence-electron chi connectivity index (χ4n) is 4.29. The molecule has 2 fully saturated rings. The minimum Gasteiger partial charge on any atom is -0.349 e. The summed E-state index contributed by atoms with van der Waals surface area (Å²) in [5.41, 5.74) is 1.65. The largest absolute Gasteiger partial charge is 0.349 e. The summed E-state index contributed by atoms with van der Waals surface area (Å²) >= 11 is 0. The van der Waals surface area contributed by atoms with Crippen molar-refractivity contribution >= 4 is 11.9 Å². The van der Waals surface area contributed by atoms with Crippen LogP contribution in [0.3, 0.4) is 0 Å². The molecule has 0 radical (unpaired) electrons. The van der Waals surface area contributed by atoms with Crippen LogP contribution in [0.2, 0.25) is 0 Å². The van der Waals surface area contributed by atoms with Gasteiger partial charge in [-0.1, -0.05) is 30.3 Å². The third-order valence-electron chi connectivity index (χ3n) is 6.25. The molecule has 0 atom stereocenters. The molecule has 0 bridgehead atoms. The average molecular weight is 367 g/mol. The first-order valence-electron chi connectivity index (χ1n) is 9.90. The Morgan fingerprint density at radius 2 is 1.81 bits per heavy atom. The summed E-state index contributed by atoms with van der Waals surface area (Å²) in [6.07, 6.45) is 5.14. The van der Waals surface area contributed by atoms with E-state index in [0.29, 0.717) is 0 Å². The van der Waals surface area contributed by atoms with Gasteiger partial charge in [0.25, 0.3) is 0 Å². The summed E-state index contributed by atoms with van der Waals surface area (Å²) in [4.78, 5) is 16.2. The van der Waals surface area contributed by atoms with E-state index in [-0.39, 0.29) is 17.2 Å². The number of carbonyl (C=O) groups excluding carboxylic acids is 1. The molecule has 6 heteroatoms. The number of rotatable bonds is 5. The molecular weight excluding hydrogens is 338 g/mol. The van der Waals surface area contributed by atoms with Crippen molar-refractivity contribution in [3.05, 3.63) is 41.7 Å². The molecule has 27 heavy (non-hydrogen) atoms. The van der Waals surface area contributed by atoms with Gasteiger partial charge in [0, 0.05) is 52.0 Å². The summed E-state index contributed by atoms with van der Waals surface area (Å²) in [5.74, 6) is 2.37. The van der Waals surface area contributed by atoms with Gasteiger partial charge in [-0.05, 0) is 31.2 Å². The Labute approximate surface area is 161 Å². The monoisotopic (exact) mass is 367 g/mol. The highest BCUT2D eigenvalue weighted by Crippen LogP contribution is 2.50. The van der Waals surface area contributed by atoms with Gasteiger partial charge in [0.2, 0.25) is 11.9 Å². The Morgan fingerprint density at radius 3 is 2.41 bits per heavy atom. The predicted molar refractivity (Wildman–Crippen MR) is 106 cm³/mol. The lowest BCUT2D eigenvalue weighted by molar-refractivity contribution is -0.133. The molecule has 1 aliphatic heterocycles. The lowest BCUT2D eigenvalue weighted by Crippen LogP contribution is -2.41. The van der Waals surface area contributed by atoms with Gasteiger partial charge in [-0.25, -0.2) is 0 Å². The molecule has 0 N–H and O–H groups in total. The quantitative estimate of drug-likeness (QED) is 0.814. The van der Waals surface area contributed by atoms with Crippen LogP contribution >= 0.6 is 0 Å². The minimum absolute atomic E-state index is 0.136. The highest BCUT2D eigenvalue weighted by atomic mass is 16.2. The van der Waals surface area contributed by atoms with Gasteiger partial charge in [0.15, 0.2) is 0 Å². The van der Waals surface area contributed by atoms with Crippen LogP contribution in [-0.4, -0.2) is 52.8 Å². The van der Waals surface area contributed by atoms with E-state index in [0.717, 1.165) is 44.1 Å². The second-order valence-corrected chi connectivity index (χ2v) is 8.29. The van der Waals surface area contributed by atoms with Gasteiger partial charge >= 0.3 is 0 Å². The molecule has 2 aliphatic rings. The van der Waals surface area contributed by atoms with Gasteiger partial charge in [0.1, 0.15) is 5.82 Å². The molecule has 1 saturated heterocycles. The van der Waals surface area contributed by atoms with Crippen molar-refractivity contribution in [1.82, 2.24) is 19.7 Å². The second kappa shape index (κ2) is 6.98. The van der Waals surface area contributed by atoms with Crippen molar-refractivity contribution in [2.24, 2.45) is 13.0 Å². The predicted octanol–water partition coefficient (Wildman–Crippen LogP) is 2.39. The topological polar surface area (TPSA) is 54.3 Å². The van der Waals surface area contributed by atoms with Crippen molar-refractivity contribution in [2.45, 2.75) is 37.5 Å². The van der Waals surface area contributed by atoms with Crippen molar-refractivity contribution < 1.29 is 4.79 Å². The fourth-order valence-corrected chi connectivity index (χ4v) is 4.29. The smallest absolute Gasteiger partial charge is 0.226 e. The number of benzene rings is 1. The van der Waals surface area contributed by atoms with E-state index in [1.54, 1.807) is 4.90 Å². The van der Waals surface area contributed by atoms with Crippen molar-refractivity contribution in [3.63, 3.8) is 0 Å². The Kier molecular flexibility index (Phi) is 4.66. The zero-order valence-electron chi connectivity index (χ0n) is 16.6. The number of aromatic nitrogens is 3. The zero-order chi connectivity index (χ0) is 19.0. The van der Waals surface area contributed by atoms with E-state index in [9.17, 15) is 4.79 Å². The third kappa shape index (κ3) is 3.45. The first-order valence-corrected chi connectivity index (χ1v) is 9.90. The van der Waals surface area contributed by atoms with Crippen LogP contribution in [0.4, 0.5) is 5.95 Å². The summed E-state index contributed by atoms with van der Waals surface area (Å²) in [5, 5.41) is 9.01. The van der Waals surface area contributed by atoms with E-state index < -0.39 is 0 Å². The maximum atomic E-state index is 12.2. The lowest BCUT2D eigenvalue weighted by atomic mass is 9.92. The minimum atomic E-state index is 0.136. The number of amides is 1. The highest BCUT2D eigenvalue weighted by Gasteiger charge is 2.45. The van der Waals surface area contributed by atoms with Crippen molar-refractivity contribution in [3.8, 4) is 0 Å². The van der Waals surface area contributed by atoms with Gasteiger partial charge < -0.3 is 14.4 Å². The number of hydrogen-bond acceptors (Lipinski definition) is 4. The van der Waals surface area contributed by atoms with E-state index in [2.05, 4.69) is 57.0 Å². The lowest BCUT2D eigenvalue weighted by Gasteiger charge is -2.32. The van der Waals surface area contributed by atoms with Crippen molar-refractivity contribution in [2.75, 3.05) is 32.1 Å². The number of piperidine rings is 1. The van der Waals surface area contributed by atoms with Gasteiger partial charge in [0.05, 0.1) is 0 Å². The Morgan fingerprint density at radius 1 is 1.15 bits per heavy atom. The molecule has 4 rings (SSSR count). The molecule has 1 amide bonds. The van der Waals surface area contributed by atoms with Crippen LogP contribution < -0.4 is 4.90 Å². The summed E-state index contributed by atoms with van der Waals surface area (Å²) in [6.45, 7) is 1.72. The van der Waals surface area contributed by atoms with Crippen molar-refractivity contribution in [1.29, 1.82) is 0 Å². The molecule has 1 saturated carbocycles. The van der Waals surface area contributed by atoms with E-state index in [1.807, 2.05) is 14.1 Å². The van der Waals surface area contributed by atoms with Crippen LogP contribution in [0.5, 0.6) is 0 Å². The van der Waals surface area contributed by atoms with E-state index >= 15 is 0 Å². The second-order valence-electron chi connectivity index (χ2n) is 8.29. The number of anilines is 1. The summed E-state index contributed by atoms with van der Waals surface area (Å²) < 4.78 is 2.15. The molecule has 0 spiro atoms. The van der Waals surface area contributed by atoms with E-state index in [4.69, 9.17) is 0 Å². The van der Waals surface area contributed by atoms with Crippen LogP contribution in [0.15, 0.2) is 30.3 Å². The Balaban J connectivity index is 1.44. The molecule has 2 aromatic rings. The molecule has 2 heterocycles. The van der Waals surface area contributed by atoms with E-state index in [1.165, 1.54) is 18.4 Å². The maximum absolute atomic E-state index is 12.2. The molecular formula is C21H29N5O.